The summed E-state index contributed by atoms with van der Waals surface area (Å²) in [5, 5.41) is 9.30. The number of primary amides is 1. The summed E-state index contributed by atoms with van der Waals surface area (Å²) in [5.41, 5.74) is 6.88. The van der Waals surface area contributed by atoms with Crippen LogP contribution >= 0.6 is 22.9 Å². The first-order valence-corrected chi connectivity index (χ1v) is 9.09. The van der Waals surface area contributed by atoms with Crippen LogP contribution in [0.2, 0.25) is 5.02 Å². The van der Waals surface area contributed by atoms with Gasteiger partial charge in [-0.2, -0.15) is 0 Å². The van der Waals surface area contributed by atoms with E-state index >= 15 is 0 Å². The third kappa shape index (κ3) is 3.36. The molecule has 4 aromatic rings. The summed E-state index contributed by atoms with van der Waals surface area (Å²) >= 11 is 7.46. The van der Waals surface area contributed by atoms with Crippen molar-refractivity contribution >= 4 is 39.1 Å². The van der Waals surface area contributed by atoms with Crippen LogP contribution in [0.4, 0.5) is 0 Å². The second-order valence-corrected chi connectivity index (χ2v) is 7.20. The van der Waals surface area contributed by atoms with E-state index in [-0.39, 0.29) is 11.5 Å². The Morgan fingerprint density at radius 2 is 2.15 bits per heavy atom. The van der Waals surface area contributed by atoms with Gasteiger partial charge in [-0.05, 0) is 30.3 Å². The van der Waals surface area contributed by atoms with E-state index in [9.17, 15) is 4.79 Å². The molecule has 2 aromatic heterocycles. The molecule has 7 nitrogen and oxygen atoms in total. The Bertz CT molecular complexity index is 1150. The number of fused-ring (bicyclic) bond motifs is 1. The van der Waals surface area contributed by atoms with Gasteiger partial charge in [-0.3, -0.25) is 4.79 Å². The van der Waals surface area contributed by atoms with E-state index in [2.05, 4.69) is 15.2 Å². The van der Waals surface area contributed by atoms with E-state index in [0.29, 0.717) is 28.6 Å². The summed E-state index contributed by atoms with van der Waals surface area (Å²) in [6.07, 6.45) is 0.370. The predicted octanol–water partition coefficient (Wildman–Crippen LogP) is 3.70. The molecule has 136 valence electrons. The summed E-state index contributed by atoms with van der Waals surface area (Å²) in [6, 6.07) is 10.5. The lowest BCUT2D eigenvalue weighted by atomic mass is 10.1. The van der Waals surface area contributed by atoms with E-state index in [4.69, 9.17) is 26.5 Å². The van der Waals surface area contributed by atoms with Gasteiger partial charge >= 0.3 is 0 Å². The number of para-hydroxylation sites is 1. The molecular formula is C18H13ClN4O3S. The van der Waals surface area contributed by atoms with Crippen molar-refractivity contribution in [1.82, 2.24) is 15.2 Å². The fraction of sp³-hybridized carbons (Fsp3) is 0.111. The Kier molecular flexibility index (Phi) is 4.51. The topological polar surface area (TPSA) is 104 Å². The molecule has 0 spiro atoms. The second-order valence-electron chi connectivity index (χ2n) is 5.65. The molecule has 27 heavy (non-hydrogen) atoms. The van der Waals surface area contributed by atoms with Crippen LogP contribution in [0.25, 0.3) is 21.7 Å². The molecule has 0 aliphatic carbocycles. The fourth-order valence-corrected chi connectivity index (χ4v) is 3.83. The number of nitrogens with two attached hydrogens (primary N) is 1. The SMILES string of the molecule is COc1cccc2sc(Cc3nnc(-c4ccc(Cl)cc4C(N)=O)o3)nc12. The number of amides is 1. The van der Waals surface area contributed by atoms with Gasteiger partial charge in [-0.15, -0.1) is 21.5 Å². The van der Waals surface area contributed by atoms with E-state index in [1.807, 2.05) is 18.2 Å². The lowest BCUT2D eigenvalue weighted by Gasteiger charge is -2.02. The summed E-state index contributed by atoms with van der Waals surface area (Å²) in [5.74, 6) is 0.682. The highest BCUT2D eigenvalue weighted by molar-refractivity contribution is 7.18. The van der Waals surface area contributed by atoms with Crippen molar-refractivity contribution in [2.24, 2.45) is 5.73 Å². The van der Waals surface area contributed by atoms with Gasteiger partial charge in [0.15, 0.2) is 0 Å². The molecule has 1 amide bonds. The number of benzene rings is 2. The normalized spacial score (nSPS) is 11.0. The van der Waals surface area contributed by atoms with Crippen LogP contribution in [0.15, 0.2) is 40.8 Å². The number of ether oxygens (including phenoxy) is 1. The largest absolute Gasteiger partial charge is 0.494 e. The van der Waals surface area contributed by atoms with E-state index in [1.54, 1.807) is 19.2 Å². The first-order valence-electron chi connectivity index (χ1n) is 7.89. The zero-order chi connectivity index (χ0) is 19.0. The first kappa shape index (κ1) is 17.4. The smallest absolute Gasteiger partial charge is 0.249 e. The van der Waals surface area contributed by atoms with Gasteiger partial charge in [0.25, 0.3) is 0 Å². The molecule has 2 aromatic carbocycles. The zero-order valence-corrected chi connectivity index (χ0v) is 15.7. The molecule has 0 saturated heterocycles. The Balaban J connectivity index is 1.65. The monoisotopic (exact) mass is 400 g/mol. The minimum absolute atomic E-state index is 0.203. The summed E-state index contributed by atoms with van der Waals surface area (Å²) < 4.78 is 12.1. The number of nitrogens with zero attached hydrogens (tertiary/aromatic N) is 3. The van der Waals surface area contributed by atoms with Crippen molar-refractivity contribution in [1.29, 1.82) is 0 Å². The zero-order valence-electron chi connectivity index (χ0n) is 14.1. The lowest BCUT2D eigenvalue weighted by Crippen LogP contribution is -2.12. The molecule has 0 atom stereocenters. The highest BCUT2D eigenvalue weighted by atomic mass is 35.5. The van der Waals surface area contributed by atoms with E-state index < -0.39 is 5.91 Å². The average molecular weight is 401 g/mol. The van der Waals surface area contributed by atoms with Crippen LogP contribution in [-0.4, -0.2) is 28.2 Å². The van der Waals surface area contributed by atoms with Gasteiger partial charge in [0.2, 0.25) is 17.7 Å². The van der Waals surface area contributed by atoms with Crippen molar-refractivity contribution in [3.8, 4) is 17.2 Å². The second kappa shape index (κ2) is 6.98. The Labute approximate surface area is 162 Å². The van der Waals surface area contributed by atoms with Crippen molar-refractivity contribution < 1.29 is 13.9 Å². The van der Waals surface area contributed by atoms with Crippen molar-refractivity contribution in [2.45, 2.75) is 6.42 Å². The van der Waals surface area contributed by atoms with Gasteiger partial charge in [0, 0.05) is 5.02 Å². The summed E-state index contributed by atoms with van der Waals surface area (Å²) in [6.45, 7) is 0. The van der Waals surface area contributed by atoms with Gasteiger partial charge in [0.05, 0.1) is 29.4 Å². The van der Waals surface area contributed by atoms with Crippen LogP contribution < -0.4 is 10.5 Å². The van der Waals surface area contributed by atoms with Crippen LogP contribution in [0.5, 0.6) is 5.75 Å². The Morgan fingerprint density at radius 3 is 2.93 bits per heavy atom. The van der Waals surface area contributed by atoms with Crippen LogP contribution in [0.1, 0.15) is 21.3 Å². The van der Waals surface area contributed by atoms with Crippen LogP contribution in [0, 0.1) is 0 Å². The Hall–Kier alpha value is -2.97. The number of carbonyl (C=O) groups excluding carboxylic acids is 1. The van der Waals surface area contributed by atoms with Gasteiger partial charge in [-0.25, -0.2) is 4.98 Å². The predicted molar refractivity (Wildman–Crippen MR) is 102 cm³/mol. The van der Waals surface area contributed by atoms with Gasteiger partial charge in [-0.1, -0.05) is 17.7 Å². The number of carbonyl (C=O) groups is 1. The molecule has 0 aliphatic rings. The average Bonchev–Trinajstić information content (AvgIpc) is 3.28. The number of rotatable bonds is 5. The van der Waals surface area contributed by atoms with Crippen molar-refractivity contribution in [3.63, 3.8) is 0 Å². The number of halogens is 1. The maximum Gasteiger partial charge on any atom is 0.249 e. The highest BCUT2D eigenvalue weighted by Gasteiger charge is 2.18. The third-order valence-electron chi connectivity index (χ3n) is 3.89. The molecular weight excluding hydrogens is 388 g/mol. The van der Waals surface area contributed by atoms with E-state index in [1.165, 1.54) is 17.4 Å². The quantitative estimate of drug-likeness (QED) is 0.547. The molecule has 0 aliphatic heterocycles. The minimum Gasteiger partial charge on any atom is -0.494 e. The number of thiazole rings is 1. The van der Waals surface area contributed by atoms with Crippen LogP contribution in [-0.2, 0) is 6.42 Å². The number of hydrogen-bond donors (Lipinski definition) is 1. The van der Waals surface area contributed by atoms with E-state index in [0.717, 1.165) is 15.2 Å². The maximum atomic E-state index is 11.7. The van der Waals surface area contributed by atoms with Crippen molar-refractivity contribution in [3.05, 3.63) is 57.9 Å². The minimum atomic E-state index is -0.620. The summed E-state index contributed by atoms with van der Waals surface area (Å²) in [4.78, 5) is 16.3. The van der Waals surface area contributed by atoms with Gasteiger partial charge < -0.3 is 14.9 Å². The molecule has 2 N–H and O–H groups in total. The standard InChI is InChI=1S/C18H13ClN4O3S/c1-25-12-3-2-4-13-16(12)21-15(27-13)8-14-22-23-18(26-14)10-6-5-9(19)7-11(10)17(20)24/h2-7H,8H2,1H3,(H2,20,24). The maximum absolute atomic E-state index is 11.7. The van der Waals surface area contributed by atoms with Gasteiger partial charge in [0.1, 0.15) is 16.3 Å². The first-order chi connectivity index (χ1) is 13.0. The Morgan fingerprint density at radius 1 is 1.30 bits per heavy atom. The molecule has 0 radical (unpaired) electrons. The molecule has 2 heterocycles. The molecule has 4 rings (SSSR count). The lowest BCUT2D eigenvalue weighted by molar-refractivity contribution is 0.100. The molecule has 0 bridgehead atoms. The third-order valence-corrected chi connectivity index (χ3v) is 5.15. The number of aromatic nitrogens is 3. The summed E-state index contributed by atoms with van der Waals surface area (Å²) in [7, 11) is 1.61. The molecule has 0 unspecified atom stereocenters. The number of methoxy groups -OCH3 is 1. The molecule has 0 fully saturated rings. The number of hydrogen-bond acceptors (Lipinski definition) is 7. The highest BCUT2D eigenvalue weighted by Crippen LogP contribution is 2.31. The van der Waals surface area contributed by atoms with Crippen molar-refractivity contribution in [2.75, 3.05) is 7.11 Å². The fourth-order valence-electron chi connectivity index (χ4n) is 2.68. The molecule has 0 saturated carbocycles. The molecule has 9 heteroatoms. The van der Waals surface area contributed by atoms with Crippen LogP contribution in [0.3, 0.4) is 0 Å².